The zero-order chi connectivity index (χ0) is 67.1. The lowest BCUT2D eigenvalue weighted by Gasteiger charge is -2.19. The molecule has 8 aromatic heterocycles. The molecule has 0 radical (unpaired) electrons. The molecule has 10 aromatic rings. The Kier molecular flexibility index (Phi) is 20.2. The number of ether oxygens (including phenoxy) is 3. The molecule has 474 valence electrons. The van der Waals surface area contributed by atoms with Gasteiger partial charge in [0.25, 0.3) is 11.8 Å². The minimum absolute atomic E-state index is 0.0588. The maximum atomic E-state index is 12.5. The summed E-state index contributed by atoms with van der Waals surface area (Å²) in [4.78, 5) is 97.0. The molecule has 0 fully saturated rings. The van der Waals surface area contributed by atoms with Gasteiger partial charge in [-0.2, -0.15) is 28.1 Å². The van der Waals surface area contributed by atoms with Crippen LogP contribution in [0.25, 0.3) is 44.8 Å². The number of anilines is 2. The Hall–Kier alpha value is -11.8. The molecule has 0 saturated carbocycles. The average Bonchev–Trinajstić information content (AvgIpc) is 1.65. The predicted octanol–water partition coefficient (Wildman–Crippen LogP) is 8.21. The third-order valence-electron chi connectivity index (χ3n) is 13.2. The summed E-state index contributed by atoms with van der Waals surface area (Å²) in [6.07, 6.45) is 7.35. The van der Waals surface area contributed by atoms with Gasteiger partial charge in [-0.3, -0.25) is 19.5 Å². The highest BCUT2D eigenvalue weighted by atomic mass is 19.4. The van der Waals surface area contributed by atoms with Crippen LogP contribution < -0.4 is 19.3 Å². The second-order valence-electron chi connectivity index (χ2n) is 21.6. The fraction of sp³-hybridized carbons (Fsp3) is 0.262. The summed E-state index contributed by atoms with van der Waals surface area (Å²) in [5.74, 6) is 15.0. The fourth-order valence-electron chi connectivity index (χ4n) is 8.70. The number of rotatable bonds is 10. The van der Waals surface area contributed by atoms with Gasteiger partial charge in [0.15, 0.2) is 24.9 Å². The molecule has 2 aliphatic heterocycles. The SMILES string of the molecule is CN(C)C(=O)COc1cc2c(cn1)CN(c1nccc(-c3nccc(C#Cc4ccc5[nH]ncc5c4)n3)n1)C2.CN(C)C(=O)COc1cc2c(cn1)CN(c1nccc(-c3nccc(C#Cc4ccc5c(cnn5C(=O)OC(C)(C)C)c4)n3)n1)C2.O=CC(F)(F)F.[2H]CC. The van der Waals surface area contributed by atoms with Gasteiger partial charge in [0, 0.05) is 127 Å². The van der Waals surface area contributed by atoms with Gasteiger partial charge in [0.2, 0.25) is 29.9 Å². The van der Waals surface area contributed by atoms with E-state index in [1.165, 1.54) is 14.5 Å². The van der Waals surface area contributed by atoms with E-state index in [1.54, 1.807) is 115 Å². The molecule has 2 amide bonds. The molecule has 0 saturated heterocycles. The molecule has 93 heavy (non-hydrogen) atoms. The highest BCUT2D eigenvalue weighted by molar-refractivity contribution is 5.88. The van der Waals surface area contributed by atoms with Gasteiger partial charge in [-0.1, -0.05) is 25.7 Å². The molecular weight excluding hydrogens is 1200 g/mol. The maximum Gasteiger partial charge on any atom is 0.446 e. The zero-order valence-electron chi connectivity index (χ0n) is 52.7. The van der Waals surface area contributed by atoms with Gasteiger partial charge in [0.05, 0.1) is 23.4 Å². The van der Waals surface area contributed by atoms with Gasteiger partial charge in [-0.05, 0) is 116 Å². The van der Waals surface area contributed by atoms with E-state index in [0.29, 0.717) is 96.7 Å². The number of halogens is 3. The van der Waals surface area contributed by atoms with Crippen molar-refractivity contribution in [2.24, 2.45) is 0 Å². The first-order chi connectivity index (χ1) is 45.0. The maximum absolute atomic E-state index is 12.5. The lowest BCUT2D eigenvalue weighted by atomic mass is 10.1. The van der Waals surface area contributed by atoms with E-state index >= 15 is 0 Å². The number of aromatic amines is 1. The van der Waals surface area contributed by atoms with Crippen LogP contribution in [0.1, 0.15) is 80.7 Å². The summed E-state index contributed by atoms with van der Waals surface area (Å²) in [6, 6.07) is 22.1. The van der Waals surface area contributed by atoms with Crippen LogP contribution in [0, 0.1) is 23.7 Å². The van der Waals surface area contributed by atoms with E-state index in [1.807, 2.05) is 73.0 Å². The number of pyridine rings is 2. The third kappa shape index (κ3) is 17.5. The molecule has 0 bridgehead atoms. The van der Waals surface area contributed by atoms with Crippen LogP contribution in [0.4, 0.5) is 29.9 Å². The third-order valence-corrected chi connectivity index (χ3v) is 13.2. The molecule has 0 aliphatic carbocycles. The van der Waals surface area contributed by atoms with Crippen molar-refractivity contribution in [2.45, 2.75) is 72.6 Å². The van der Waals surface area contributed by atoms with Gasteiger partial charge >= 0.3 is 12.3 Å². The molecule has 0 atom stereocenters. The number of hydrogen-bond donors (Lipinski definition) is 1. The minimum atomic E-state index is -4.64. The van der Waals surface area contributed by atoms with Crippen molar-refractivity contribution >= 4 is 57.9 Å². The molecule has 1 N–H and O–H groups in total. The summed E-state index contributed by atoms with van der Waals surface area (Å²) in [5.41, 5.74) is 9.01. The van der Waals surface area contributed by atoms with Crippen molar-refractivity contribution in [3.8, 4) is 58.5 Å². The Morgan fingerprint density at radius 3 is 1.57 bits per heavy atom. The number of hydrogen-bond acceptors (Lipinski definition) is 21. The standard InChI is InChI=1S/C33H31N9O4.C28H23N9O2.C2HF3O.C2H6/c1-33(2,3)46-32(44)42-27-9-7-21(14-22(27)17-37-42)6-8-25-10-12-34-30(38-25)26-11-13-35-31(39-26)41-18-23-15-28(36-16-24(23)19-41)45-20-29(43)40(4)5;1-36(2)26(38)17-39-25-12-20-15-37(16-21(20)13-31-25)28-30-10-8-24(34-28)27-29-9-7-22(33-27)5-3-18-4-6-23-19(11-18)14-32-35-23;3-2(4,5)1-6;1-2/h7,9-17H,18-20H2,1-5H3;4,6-14H,15-17H2,1-2H3,(H,32,35);1H;1-2H3/i;;;1D. The number of alkyl halides is 3. The number of nitrogens with zero attached hydrogens (tertiary/aromatic N) is 17. The lowest BCUT2D eigenvalue weighted by molar-refractivity contribution is -0.156. The zero-order valence-corrected chi connectivity index (χ0v) is 51.7. The van der Waals surface area contributed by atoms with Crippen LogP contribution in [0.5, 0.6) is 11.8 Å². The number of carbonyl (C=O) groups is 4. The highest BCUT2D eigenvalue weighted by Crippen LogP contribution is 2.31. The van der Waals surface area contributed by atoms with Gasteiger partial charge in [-0.15, -0.1) is 0 Å². The number of aromatic nitrogens is 14. The van der Waals surface area contributed by atoms with Crippen molar-refractivity contribution in [1.29, 1.82) is 0 Å². The molecule has 0 unspecified atom stereocenters. The van der Waals surface area contributed by atoms with E-state index in [-0.39, 0.29) is 25.0 Å². The second kappa shape index (κ2) is 29.2. The Morgan fingerprint density at radius 1 is 0.613 bits per heavy atom. The Labute approximate surface area is 532 Å². The van der Waals surface area contributed by atoms with Crippen molar-refractivity contribution in [3.63, 3.8) is 0 Å². The van der Waals surface area contributed by atoms with E-state index in [9.17, 15) is 27.6 Å². The number of likely N-dealkylation sites (N-methyl/N-ethyl adjacent to an activating group) is 2. The average molecular weight is 1260 g/mol. The van der Waals surface area contributed by atoms with Crippen LogP contribution in [-0.2, 0) is 45.3 Å². The van der Waals surface area contributed by atoms with Crippen molar-refractivity contribution in [1.82, 2.24) is 79.6 Å². The van der Waals surface area contributed by atoms with E-state index in [4.69, 9.17) is 30.3 Å². The lowest BCUT2D eigenvalue weighted by Crippen LogP contribution is -2.27. The molecule has 10 heterocycles. The number of H-pyrrole nitrogens is 1. The largest absolute Gasteiger partial charge is 0.468 e. The number of fused-ring (bicyclic) bond motifs is 4. The molecule has 2 aromatic carbocycles. The minimum Gasteiger partial charge on any atom is -0.468 e. The number of carbonyl (C=O) groups excluding carboxylic acids is 4. The van der Waals surface area contributed by atoms with Crippen LogP contribution in [0.15, 0.2) is 122 Å². The van der Waals surface area contributed by atoms with Crippen LogP contribution in [0.3, 0.4) is 0 Å². The fourth-order valence-corrected chi connectivity index (χ4v) is 8.70. The Balaban J connectivity index is 0.000000198. The van der Waals surface area contributed by atoms with E-state index in [2.05, 4.69) is 78.8 Å². The first-order valence-corrected chi connectivity index (χ1v) is 28.5. The van der Waals surface area contributed by atoms with E-state index in [0.717, 1.165) is 49.7 Å². The topological polar surface area (TPSA) is 284 Å². The normalized spacial score (nSPS) is 12.1. The monoisotopic (exact) mass is 1260 g/mol. The molecular formula is C65H61F3N18O7. The van der Waals surface area contributed by atoms with Crippen LogP contribution in [0.2, 0.25) is 0 Å². The number of benzene rings is 2. The van der Waals surface area contributed by atoms with Crippen LogP contribution >= 0.6 is 0 Å². The summed E-state index contributed by atoms with van der Waals surface area (Å²) in [6.45, 7) is 9.92. The Morgan fingerprint density at radius 2 is 1.09 bits per heavy atom. The van der Waals surface area contributed by atoms with Crippen LogP contribution in [-0.4, -0.2) is 157 Å². The summed E-state index contributed by atoms with van der Waals surface area (Å²) in [5, 5.41) is 12.9. The molecule has 12 rings (SSSR count). The molecule has 2 aliphatic rings. The second-order valence-corrected chi connectivity index (χ2v) is 21.6. The first-order valence-electron chi connectivity index (χ1n) is 29.2. The van der Waals surface area contributed by atoms with Gasteiger partial charge in [0.1, 0.15) is 28.4 Å². The van der Waals surface area contributed by atoms with Crippen molar-refractivity contribution in [2.75, 3.05) is 51.2 Å². The molecule has 28 heteroatoms. The van der Waals surface area contributed by atoms with Crippen molar-refractivity contribution < 1.29 is 47.9 Å². The van der Waals surface area contributed by atoms with Crippen molar-refractivity contribution in [3.05, 3.63) is 167 Å². The van der Waals surface area contributed by atoms with Gasteiger partial charge < -0.3 is 33.8 Å². The van der Waals surface area contributed by atoms with E-state index < -0.39 is 24.2 Å². The van der Waals surface area contributed by atoms with Gasteiger partial charge in [-0.25, -0.2) is 54.6 Å². The molecule has 25 nitrogen and oxygen atoms in total. The smallest absolute Gasteiger partial charge is 0.446 e. The summed E-state index contributed by atoms with van der Waals surface area (Å²) < 4.78 is 55.3. The number of nitrogens with one attached hydrogen (secondary N) is 1. The number of aldehydes is 1. The summed E-state index contributed by atoms with van der Waals surface area (Å²) >= 11 is 0. The first kappa shape index (κ1) is 64.2. The molecule has 0 spiro atoms. The highest BCUT2D eigenvalue weighted by Gasteiger charge is 2.27. The summed E-state index contributed by atoms with van der Waals surface area (Å²) in [7, 11) is 6.73. The quantitative estimate of drug-likeness (QED) is 0.0996. The predicted molar refractivity (Wildman–Crippen MR) is 336 cm³/mol. The Bertz CT molecular complexity index is 4530. The number of amides is 2.